The Morgan fingerprint density at radius 2 is 1.76 bits per heavy atom. The van der Waals surface area contributed by atoms with Gasteiger partial charge in [-0.15, -0.1) is 0 Å². The number of nitrogens with one attached hydrogen (secondary N) is 1. The van der Waals surface area contributed by atoms with E-state index >= 15 is 0 Å². The molecule has 0 aromatic heterocycles. The van der Waals surface area contributed by atoms with Crippen LogP contribution in [-0.2, 0) is 23.9 Å². The lowest BCUT2D eigenvalue weighted by atomic mass is 9.86. The van der Waals surface area contributed by atoms with E-state index in [0.717, 1.165) is 18.4 Å². The Labute approximate surface area is 222 Å². The van der Waals surface area contributed by atoms with Gasteiger partial charge in [-0.05, 0) is 37.7 Å². The summed E-state index contributed by atoms with van der Waals surface area (Å²) >= 11 is 0. The lowest BCUT2D eigenvalue weighted by molar-refractivity contribution is -0.155. The van der Waals surface area contributed by atoms with E-state index in [1.165, 1.54) is 0 Å². The van der Waals surface area contributed by atoms with Gasteiger partial charge in [-0.1, -0.05) is 65.7 Å². The van der Waals surface area contributed by atoms with E-state index < -0.39 is 24.4 Å². The maximum absolute atomic E-state index is 12.5. The Morgan fingerprint density at radius 3 is 2.30 bits per heavy atom. The van der Waals surface area contributed by atoms with Gasteiger partial charge in [-0.25, -0.2) is 0 Å². The van der Waals surface area contributed by atoms with E-state index in [4.69, 9.17) is 9.47 Å². The Kier molecular flexibility index (Phi) is 14.9. The topological polar surface area (TPSA) is 122 Å². The first-order valence-electron chi connectivity index (χ1n) is 13.7. The quantitative estimate of drug-likeness (QED) is 0.158. The minimum absolute atomic E-state index is 0.0117. The molecule has 0 aliphatic carbocycles. The SMILES string of the molecule is CCC/C=C/C(OC)[C@@H](O)[C@H](C)/C=C(/C)[C@H](OC(=O)C(C)C)C(C)C(O)CCCC1CC(=O)NC(=O)C1. The third-order valence-corrected chi connectivity index (χ3v) is 7.04. The third kappa shape index (κ3) is 11.5. The van der Waals surface area contributed by atoms with E-state index in [1.54, 1.807) is 21.0 Å². The molecule has 2 amide bonds. The van der Waals surface area contributed by atoms with Crippen molar-refractivity contribution in [3.05, 3.63) is 23.8 Å². The molecule has 0 radical (unpaired) electrons. The molecule has 1 fully saturated rings. The van der Waals surface area contributed by atoms with Gasteiger partial charge in [0.25, 0.3) is 0 Å². The van der Waals surface area contributed by atoms with Gasteiger partial charge >= 0.3 is 5.97 Å². The highest BCUT2D eigenvalue weighted by Crippen LogP contribution is 2.28. The number of piperidine rings is 1. The number of carbonyl (C=O) groups is 3. The summed E-state index contributed by atoms with van der Waals surface area (Å²) in [5.41, 5.74) is 0.758. The molecular formula is C29H49NO7. The number of aliphatic hydroxyl groups is 2. The standard InChI is InChI=1S/C29H49NO7/c1-8-9-10-14-24(36-7)27(34)19(4)15-20(5)28(37-29(35)18(2)3)21(6)23(31)13-11-12-22-16-25(32)30-26(33)17-22/h10,14-15,18-19,21-24,27-28,31,34H,8-9,11-13,16-17H2,1-7H3,(H,30,32,33)/b14-10+,20-15-/t19-,21?,23?,24?,27+,28+/m1/s1. The van der Waals surface area contributed by atoms with Crippen LogP contribution < -0.4 is 5.32 Å². The maximum Gasteiger partial charge on any atom is 0.308 e. The van der Waals surface area contributed by atoms with Crippen LogP contribution in [0, 0.1) is 23.7 Å². The molecule has 0 saturated carbocycles. The highest BCUT2D eigenvalue weighted by molar-refractivity contribution is 5.97. The van der Waals surface area contributed by atoms with Crippen molar-refractivity contribution >= 4 is 17.8 Å². The zero-order valence-electron chi connectivity index (χ0n) is 23.7. The number of carbonyl (C=O) groups excluding carboxylic acids is 3. The summed E-state index contributed by atoms with van der Waals surface area (Å²) in [5.74, 6) is -1.84. The van der Waals surface area contributed by atoms with Crippen molar-refractivity contribution in [2.45, 2.75) is 111 Å². The van der Waals surface area contributed by atoms with Gasteiger partial charge in [0.2, 0.25) is 11.8 Å². The molecule has 0 aromatic rings. The summed E-state index contributed by atoms with van der Waals surface area (Å²) < 4.78 is 11.3. The first-order valence-corrected chi connectivity index (χ1v) is 13.7. The summed E-state index contributed by atoms with van der Waals surface area (Å²) in [5, 5.41) is 24.2. The van der Waals surface area contributed by atoms with E-state index in [0.29, 0.717) is 32.1 Å². The van der Waals surface area contributed by atoms with Crippen LogP contribution in [0.1, 0.15) is 86.5 Å². The molecule has 3 unspecified atom stereocenters. The summed E-state index contributed by atoms with van der Waals surface area (Å²) in [6.07, 6.45) is 7.46. The average molecular weight is 524 g/mol. The Morgan fingerprint density at radius 1 is 1.14 bits per heavy atom. The molecule has 212 valence electrons. The van der Waals surface area contributed by atoms with Crippen molar-refractivity contribution in [1.82, 2.24) is 5.32 Å². The molecule has 1 heterocycles. The summed E-state index contributed by atoms with van der Waals surface area (Å²) in [4.78, 5) is 35.7. The lowest BCUT2D eigenvalue weighted by Crippen LogP contribution is -2.38. The van der Waals surface area contributed by atoms with Crippen LogP contribution in [0.15, 0.2) is 23.8 Å². The van der Waals surface area contributed by atoms with E-state index in [-0.39, 0.29) is 41.5 Å². The molecular weight excluding hydrogens is 474 g/mol. The number of ether oxygens (including phenoxy) is 2. The lowest BCUT2D eigenvalue weighted by Gasteiger charge is -2.31. The summed E-state index contributed by atoms with van der Waals surface area (Å²) in [6, 6.07) is 0. The fraction of sp³-hybridized carbons (Fsp3) is 0.759. The molecule has 1 rings (SSSR count). The molecule has 0 bridgehead atoms. The van der Waals surface area contributed by atoms with Crippen molar-refractivity contribution in [1.29, 1.82) is 0 Å². The van der Waals surface area contributed by atoms with Gasteiger partial charge in [0.1, 0.15) is 12.2 Å². The predicted molar refractivity (Wildman–Crippen MR) is 143 cm³/mol. The minimum atomic E-state index is -0.787. The number of hydrogen-bond donors (Lipinski definition) is 3. The number of imide groups is 1. The molecule has 1 aliphatic heterocycles. The van der Waals surface area contributed by atoms with Crippen LogP contribution in [0.2, 0.25) is 0 Å². The van der Waals surface area contributed by atoms with Crippen molar-refractivity contribution in [2.24, 2.45) is 23.7 Å². The molecule has 37 heavy (non-hydrogen) atoms. The molecule has 6 atom stereocenters. The Balaban J connectivity index is 2.91. The van der Waals surface area contributed by atoms with Crippen molar-refractivity contribution in [3.63, 3.8) is 0 Å². The van der Waals surface area contributed by atoms with Crippen LogP contribution >= 0.6 is 0 Å². The highest BCUT2D eigenvalue weighted by Gasteiger charge is 2.31. The zero-order valence-corrected chi connectivity index (χ0v) is 23.7. The van der Waals surface area contributed by atoms with E-state index in [9.17, 15) is 24.6 Å². The second-order valence-electron chi connectivity index (χ2n) is 10.8. The monoisotopic (exact) mass is 523 g/mol. The number of unbranched alkanes of at least 4 members (excludes halogenated alkanes) is 1. The first-order chi connectivity index (χ1) is 17.4. The molecule has 8 heteroatoms. The summed E-state index contributed by atoms with van der Waals surface area (Å²) in [6.45, 7) is 11.2. The number of aliphatic hydroxyl groups excluding tert-OH is 2. The largest absolute Gasteiger partial charge is 0.457 e. The van der Waals surface area contributed by atoms with Gasteiger partial charge in [-0.3, -0.25) is 19.7 Å². The number of amides is 2. The summed E-state index contributed by atoms with van der Waals surface area (Å²) in [7, 11) is 1.56. The van der Waals surface area contributed by atoms with E-state index in [1.807, 2.05) is 39.0 Å². The molecule has 1 aliphatic rings. The van der Waals surface area contributed by atoms with Gasteiger partial charge in [0.15, 0.2) is 0 Å². The van der Waals surface area contributed by atoms with Crippen LogP contribution in [0.4, 0.5) is 0 Å². The molecule has 3 N–H and O–H groups in total. The van der Waals surface area contributed by atoms with Gasteiger partial charge in [0, 0.05) is 31.8 Å². The Bertz CT molecular complexity index is 775. The zero-order chi connectivity index (χ0) is 28.1. The normalized spacial score (nSPS) is 20.4. The van der Waals surface area contributed by atoms with Crippen molar-refractivity contribution in [3.8, 4) is 0 Å². The van der Waals surface area contributed by atoms with Gasteiger partial charge in [-0.2, -0.15) is 0 Å². The Hall–Kier alpha value is -2.03. The van der Waals surface area contributed by atoms with Crippen LogP contribution in [0.25, 0.3) is 0 Å². The molecule has 1 saturated heterocycles. The number of esters is 1. The van der Waals surface area contributed by atoms with Gasteiger partial charge in [0.05, 0.1) is 18.1 Å². The van der Waals surface area contributed by atoms with Crippen LogP contribution in [0.3, 0.4) is 0 Å². The molecule has 0 spiro atoms. The fourth-order valence-corrected chi connectivity index (χ4v) is 4.65. The van der Waals surface area contributed by atoms with E-state index in [2.05, 4.69) is 12.2 Å². The maximum atomic E-state index is 12.5. The average Bonchev–Trinajstić information content (AvgIpc) is 2.83. The molecule has 8 nitrogen and oxygen atoms in total. The second-order valence-corrected chi connectivity index (χ2v) is 10.8. The fourth-order valence-electron chi connectivity index (χ4n) is 4.65. The van der Waals surface area contributed by atoms with Crippen molar-refractivity contribution in [2.75, 3.05) is 7.11 Å². The van der Waals surface area contributed by atoms with Gasteiger partial charge < -0.3 is 19.7 Å². The number of rotatable bonds is 16. The minimum Gasteiger partial charge on any atom is -0.457 e. The number of methoxy groups -OCH3 is 1. The highest BCUT2D eigenvalue weighted by atomic mass is 16.5. The second kappa shape index (κ2) is 16.7. The van der Waals surface area contributed by atoms with Crippen molar-refractivity contribution < 1.29 is 34.1 Å². The smallest absolute Gasteiger partial charge is 0.308 e. The van der Waals surface area contributed by atoms with Crippen LogP contribution in [-0.4, -0.2) is 59.5 Å². The van der Waals surface area contributed by atoms with Crippen LogP contribution in [0.5, 0.6) is 0 Å². The number of allylic oxidation sites excluding steroid dienone is 1. The molecule has 0 aromatic carbocycles. The first kappa shape index (κ1) is 33.0. The predicted octanol–water partition coefficient (Wildman–Crippen LogP) is 4.09. The third-order valence-electron chi connectivity index (χ3n) is 7.04. The number of hydrogen-bond acceptors (Lipinski definition) is 7.